The molecule has 16 nitrogen and oxygen atoms in total. The number of aromatic nitrogens is 4. The van der Waals surface area contributed by atoms with Crippen LogP contribution in [0.5, 0.6) is 11.8 Å². The number of ether oxygens (including phenoxy) is 2. The van der Waals surface area contributed by atoms with Crippen molar-refractivity contribution < 1.29 is 65.2 Å². The molecule has 24 heteroatoms. The molecule has 2 aromatic carbocycles. The van der Waals surface area contributed by atoms with Crippen molar-refractivity contribution in [2.45, 2.75) is 63.2 Å². The van der Waals surface area contributed by atoms with Crippen molar-refractivity contribution in [2.75, 3.05) is 27.3 Å². The summed E-state index contributed by atoms with van der Waals surface area (Å²) in [7, 11) is 3.10. The zero-order valence-electron chi connectivity index (χ0n) is 32.6. The number of alkyl halides is 6. The second-order valence-corrected chi connectivity index (χ2v) is 14.0. The Labute approximate surface area is 358 Å². The van der Waals surface area contributed by atoms with Gasteiger partial charge in [0.05, 0.1) is 48.0 Å². The van der Waals surface area contributed by atoms with Crippen LogP contribution >= 0.6 is 23.2 Å². The van der Waals surface area contributed by atoms with E-state index >= 15 is 0 Å². The van der Waals surface area contributed by atoms with E-state index < -0.39 is 24.3 Å². The topological polar surface area (TPSA) is 227 Å². The highest BCUT2D eigenvalue weighted by Crippen LogP contribution is 2.42. The first-order valence-corrected chi connectivity index (χ1v) is 19.0. The Kier molecular flexibility index (Phi) is 17.2. The number of rotatable bonds is 13. The van der Waals surface area contributed by atoms with Gasteiger partial charge in [-0.3, -0.25) is 19.6 Å². The first-order valence-electron chi connectivity index (χ1n) is 18.2. The molecule has 2 fully saturated rings. The third-order valence-electron chi connectivity index (χ3n) is 8.87. The number of hydrogen-bond donors (Lipinski definition) is 6. The standard InChI is InChI=1S/C34H36Cl2N8O4.2C2HF3O2/c1-47-33-27(15-37-13-19-9-11-29(45)41-19)39-17-25(43-33)23-7-3-5-21(31(23)35)22-6-4-8-24(32(22)36)26-18-40-28(34(44-26)48-2)16-38-14-20-10-12-30(46)42-20;2*3-2(4,5)1(6)7/h3-8,17-20,37-38H,9-16H2,1-2H3,(H,41,45)(H,42,46);2*(H,6,7). The minimum Gasteiger partial charge on any atom is -0.480 e. The van der Waals surface area contributed by atoms with Gasteiger partial charge in [0.15, 0.2) is 0 Å². The maximum absolute atomic E-state index is 11.5. The fourth-order valence-electron chi connectivity index (χ4n) is 5.89. The van der Waals surface area contributed by atoms with Gasteiger partial charge in [0, 0.05) is 73.4 Å². The quantitative estimate of drug-likeness (QED) is 0.0899. The van der Waals surface area contributed by atoms with Crippen LogP contribution in [0.15, 0.2) is 48.8 Å². The van der Waals surface area contributed by atoms with Crippen molar-refractivity contribution >= 4 is 47.0 Å². The summed E-state index contributed by atoms with van der Waals surface area (Å²) in [4.78, 5) is 59.4. The van der Waals surface area contributed by atoms with Gasteiger partial charge in [0.1, 0.15) is 11.4 Å². The Morgan fingerprint density at radius 2 is 1.03 bits per heavy atom. The Hall–Kier alpha value is -5.84. The van der Waals surface area contributed by atoms with Crippen molar-refractivity contribution in [3.05, 3.63) is 70.2 Å². The Bertz CT molecular complexity index is 2100. The summed E-state index contributed by atoms with van der Waals surface area (Å²) in [6.45, 7) is 2.14. The monoisotopic (exact) mass is 918 g/mol. The maximum Gasteiger partial charge on any atom is 0.490 e. The van der Waals surface area contributed by atoms with Crippen LogP contribution in [0.25, 0.3) is 33.6 Å². The summed E-state index contributed by atoms with van der Waals surface area (Å²) in [5, 5.41) is 27.7. The van der Waals surface area contributed by atoms with E-state index in [0.717, 1.165) is 12.8 Å². The summed E-state index contributed by atoms with van der Waals surface area (Å²) >= 11 is 14.1. The van der Waals surface area contributed by atoms with Crippen molar-refractivity contribution in [1.82, 2.24) is 41.2 Å². The van der Waals surface area contributed by atoms with Crippen molar-refractivity contribution in [2.24, 2.45) is 0 Å². The SMILES string of the molecule is COc1nc(-c2cccc(-c3cccc(-c4cnc(CNCC5CCC(=O)N5)c(OC)n4)c3Cl)c2Cl)cnc1CNCC1CCC(=O)N1.O=C(O)C(F)(F)F.O=C(O)C(F)(F)F. The molecule has 2 amide bonds. The van der Waals surface area contributed by atoms with Crippen LogP contribution in [-0.4, -0.2) is 106 Å². The van der Waals surface area contributed by atoms with E-state index in [1.165, 1.54) is 0 Å². The highest BCUT2D eigenvalue weighted by atomic mass is 35.5. The Balaban J connectivity index is 0.000000521. The number of carbonyl (C=O) groups excluding carboxylic acids is 2. The van der Waals surface area contributed by atoms with Crippen LogP contribution in [0.3, 0.4) is 0 Å². The van der Waals surface area contributed by atoms with Gasteiger partial charge in [-0.05, 0) is 12.8 Å². The van der Waals surface area contributed by atoms with Crippen LogP contribution in [0.4, 0.5) is 26.3 Å². The van der Waals surface area contributed by atoms with E-state index in [2.05, 4.69) is 31.2 Å². The second-order valence-electron chi connectivity index (χ2n) is 13.2. The summed E-state index contributed by atoms with van der Waals surface area (Å²) < 4.78 is 74.6. The lowest BCUT2D eigenvalue weighted by Gasteiger charge is -2.15. The zero-order valence-corrected chi connectivity index (χ0v) is 34.1. The summed E-state index contributed by atoms with van der Waals surface area (Å²) in [5.41, 5.74) is 5.16. The van der Waals surface area contributed by atoms with Crippen LogP contribution < -0.4 is 30.7 Å². The number of carboxylic acid groups (broad SMARTS) is 2. The van der Waals surface area contributed by atoms with E-state index in [1.807, 2.05) is 36.4 Å². The lowest BCUT2D eigenvalue weighted by molar-refractivity contribution is -0.193. The molecule has 2 atom stereocenters. The summed E-state index contributed by atoms with van der Waals surface area (Å²) in [5.74, 6) is -4.59. The van der Waals surface area contributed by atoms with E-state index in [1.54, 1.807) is 26.6 Å². The third-order valence-corrected chi connectivity index (χ3v) is 9.69. The van der Waals surface area contributed by atoms with E-state index in [9.17, 15) is 35.9 Å². The molecule has 2 saturated heterocycles. The molecule has 2 unspecified atom stereocenters. The van der Waals surface area contributed by atoms with Gasteiger partial charge in [0.2, 0.25) is 23.6 Å². The zero-order chi connectivity index (χ0) is 45.8. The lowest BCUT2D eigenvalue weighted by Crippen LogP contribution is -2.35. The minimum atomic E-state index is -5.08. The molecule has 2 aliphatic heterocycles. The van der Waals surface area contributed by atoms with Gasteiger partial charge in [-0.2, -0.15) is 26.3 Å². The second kappa shape index (κ2) is 21.8. The number of methoxy groups -OCH3 is 2. The van der Waals surface area contributed by atoms with E-state index in [-0.39, 0.29) is 23.9 Å². The number of nitrogens with one attached hydrogen (secondary N) is 4. The predicted molar refractivity (Wildman–Crippen MR) is 210 cm³/mol. The lowest BCUT2D eigenvalue weighted by atomic mass is 9.98. The highest BCUT2D eigenvalue weighted by Gasteiger charge is 2.39. The van der Waals surface area contributed by atoms with Crippen molar-refractivity contribution in [1.29, 1.82) is 0 Å². The summed E-state index contributed by atoms with van der Waals surface area (Å²) in [6.07, 6.45) is -4.10. The number of carbonyl (C=O) groups is 4. The summed E-state index contributed by atoms with van der Waals surface area (Å²) in [6, 6.07) is 11.5. The fraction of sp³-hybridized carbons (Fsp3) is 0.368. The molecule has 2 aliphatic rings. The number of halogens is 8. The molecule has 0 aliphatic carbocycles. The molecular weight excluding hydrogens is 881 g/mol. The normalized spacial score (nSPS) is 16.0. The van der Waals surface area contributed by atoms with Crippen LogP contribution in [0.2, 0.25) is 10.0 Å². The largest absolute Gasteiger partial charge is 0.490 e. The van der Waals surface area contributed by atoms with Gasteiger partial charge in [-0.15, -0.1) is 0 Å². The molecule has 0 radical (unpaired) electrons. The van der Waals surface area contributed by atoms with Crippen LogP contribution in [0.1, 0.15) is 37.1 Å². The molecule has 6 N–H and O–H groups in total. The van der Waals surface area contributed by atoms with Gasteiger partial charge in [-0.1, -0.05) is 59.6 Å². The van der Waals surface area contributed by atoms with Crippen LogP contribution in [0, 0.1) is 0 Å². The highest BCUT2D eigenvalue weighted by molar-refractivity contribution is 6.39. The van der Waals surface area contributed by atoms with Gasteiger partial charge < -0.3 is 41.0 Å². The number of carboxylic acids is 2. The molecule has 4 aromatic rings. The van der Waals surface area contributed by atoms with Gasteiger partial charge in [-0.25, -0.2) is 19.6 Å². The third kappa shape index (κ3) is 13.6. The van der Waals surface area contributed by atoms with Crippen LogP contribution in [-0.2, 0) is 32.3 Å². The average molecular weight is 920 g/mol. The molecular formula is C38H38Cl2F6N8O8. The Morgan fingerprint density at radius 1 is 0.694 bits per heavy atom. The number of aliphatic carboxylic acids is 2. The average Bonchev–Trinajstić information content (AvgIpc) is 3.84. The number of nitrogens with zero attached hydrogens (tertiary/aromatic N) is 4. The first kappa shape index (κ1) is 48.8. The molecule has 0 spiro atoms. The molecule has 4 heterocycles. The van der Waals surface area contributed by atoms with Gasteiger partial charge in [0.25, 0.3) is 0 Å². The maximum atomic E-state index is 11.5. The number of hydrogen-bond acceptors (Lipinski definition) is 12. The molecule has 62 heavy (non-hydrogen) atoms. The predicted octanol–water partition coefficient (Wildman–Crippen LogP) is 5.59. The molecule has 0 bridgehead atoms. The molecule has 6 rings (SSSR count). The molecule has 334 valence electrons. The van der Waals surface area contributed by atoms with E-state index in [0.29, 0.717) is 106 Å². The smallest absolute Gasteiger partial charge is 0.480 e. The number of amides is 2. The Morgan fingerprint density at radius 3 is 1.32 bits per heavy atom. The fourth-order valence-corrected chi connectivity index (χ4v) is 6.54. The number of benzene rings is 2. The van der Waals surface area contributed by atoms with E-state index in [4.69, 9.17) is 62.4 Å². The minimum absolute atomic E-state index is 0.0799. The van der Waals surface area contributed by atoms with Crippen molar-refractivity contribution in [3.63, 3.8) is 0 Å². The molecule has 2 aromatic heterocycles. The molecule has 0 saturated carbocycles. The van der Waals surface area contributed by atoms with Gasteiger partial charge >= 0.3 is 24.3 Å². The van der Waals surface area contributed by atoms with Crippen molar-refractivity contribution in [3.8, 4) is 45.4 Å². The first-order chi connectivity index (χ1) is 29.2.